The van der Waals surface area contributed by atoms with Crippen LogP contribution in [0.1, 0.15) is 49.5 Å². The number of amides is 2. The Balaban J connectivity index is 1.32. The van der Waals surface area contributed by atoms with Crippen LogP contribution < -0.4 is 21.8 Å². The minimum atomic E-state index is -0.993. The molecule has 3 aliphatic rings. The Morgan fingerprint density at radius 3 is 2.21 bits per heavy atom. The van der Waals surface area contributed by atoms with Gasteiger partial charge in [-0.05, 0) is 64.8 Å². The second-order valence-electron chi connectivity index (χ2n) is 10.5. The largest absolute Gasteiger partial charge is 0.339 e. The van der Waals surface area contributed by atoms with Gasteiger partial charge in [-0.3, -0.25) is 14.8 Å². The predicted molar refractivity (Wildman–Crippen MR) is 132 cm³/mol. The van der Waals surface area contributed by atoms with Crippen molar-refractivity contribution in [1.82, 2.24) is 16.1 Å². The van der Waals surface area contributed by atoms with Gasteiger partial charge < -0.3 is 16.4 Å². The number of nitrogens with one attached hydrogen (secondary N) is 3. The van der Waals surface area contributed by atoms with Crippen LogP contribution in [0.3, 0.4) is 0 Å². The Labute approximate surface area is 201 Å². The Bertz CT molecular complexity index is 1020. The molecule has 3 aliphatic carbocycles. The van der Waals surface area contributed by atoms with Crippen LogP contribution in [0.25, 0.3) is 11.1 Å². The molecule has 7 nitrogen and oxygen atoms in total. The first kappa shape index (κ1) is 24.4. The quantitative estimate of drug-likeness (QED) is 0.304. The van der Waals surface area contributed by atoms with Crippen LogP contribution in [-0.2, 0) is 11.3 Å². The van der Waals surface area contributed by atoms with Crippen molar-refractivity contribution in [3.63, 3.8) is 0 Å². The van der Waals surface area contributed by atoms with Crippen molar-refractivity contribution in [3.05, 3.63) is 59.7 Å². The van der Waals surface area contributed by atoms with E-state index in [2.05, 4.69) is 55.7 Å². The molecule has 2 bridgehead atoms. The molecule has 0 saturated heterocycles. The van der Waals surface area contributed by atoms with E-state index >= 15 is 0 Å². The van der Waals surface area contributed by atoms with E-state index in [1.165, 1.54) is 23.9 Å². The van der Waals surface area contributed by atoms with Crippen LogP contribution in [0.2, 0.25) is 0 Å². The van der Waals surface area contributed by atoms with Gasteiger partial charge in [0.15, 0.2) is 0 Å². The lowest BCUT2D eigenvalue weighted by atomic mass is 9.45. The minimum Gasteiger partial charge on any atom is -0.339 e. The summed E-state index contributed by atoms with van der Waals surface area (Å²) in [4.78, 5) is 23.9. The van der Waals surface area contributed by atoms with E-state index in [-0.39, 0.29) is 6.54 Å². The molecule has 7 heteroatoms. The van der Waals surface area contributed by atoms with Crippen LogP contribution in [0, 0.1) is 23.2 Å². The van der Waals surface area contributed by atoms with Crippen LogP contribution in [0.15, 0.2) is 48.5 Å². The molecule has 2 aromatic carbocycles. The molecule has 5 atom stereocenters. The fraction of sp³-hybridized carbons (Fsp3) is 0.481. The monoisotopic (exact) mass is 464 g/mol. The minimum absolute atomic E-state index is 0.115. The molecular formula is C27H36N4O3. The van der Waals surface area contributed by atoms with Crippen LogP contribution in [-0.4, -0.2) is 35.7 Å². The third-order valence-electron chi connectivity index (χ3n) is 8.32. The summed E-state index contributed by atoms with van der Waals surface area (Å²) in [6.07, 6.45) is 2.67. The molecule has 0 heterocycles. The van der Waals surface area contributed by atoms with Gasteiger partial charge in [-0.15, -0.1) is 0 Å². The predicted octanol–water partition coefficient (Wildman–Crippen LogP) is 3.08. The van der Waals surface area contributed by atoms with Crippen molar-refractivity contribution in [2.45, 2.75) is 52.2 Å². The van der Waals surface area contributed by atoms with Gasteiger partial charge in [-0.1, -0.05) is 57.2 Å². The van der Waals surface area contributed by atoms with E-state index in [4.69, 9.17) is 10.9 Å². The molecule has 3 saturated carbocycles. The summed E-state index contributed by atoms with van der Waals surface area (Å²) in [5, 5.41) is 15.0. The van der Waals surface area contributed by atoms with Gasteiger partial charge in [0.1, 0.15) is 6.04 Å². The van der Waals surface area contributed by atoms with Crippen LogP contribution in [0.5, 0.6) is 0 Å². The van der Waals surface area contributed by atoms with E-state index in [1.807, 2.05) is 12.1 Å². The Morgan fingerprint density at radius 2 is 1.68 bits per heavy atom. The van der Waals surface area contributed by atoms with Gasteiger partial charge in [0.2, 0.25) is 0 Å². The normalized spacial score (nSPS) is 25.7. The number of carbonyl (C=O) groups is 2. The second-order valence-corrected chi connectivity index (χ2v) is 10.5. The highest BCUT2D eigenvalue weighted by Crippen LogP contribution is 2.61. The molecule has 2 aromatic rings. The second kappa shape index (κ2) is 9.86. The lowest BCUT2D eigenvalue weighted by Gasteiger charge is -2.62. The molecule has 6 N–H and O–H groups in total. The zero-order chi connectivity index (χ0) is 24.5. The van der Waals surface area contributed by atoms with E-state index < -0.39 is 17.9 Å². The molecule has 0 radical (unpaired) electrons. The number of hydrogen-bond donors (Lipinski definition) is 5. The highest BCUT2D eigenvalue weighted by atomic mass is 16.5. The van der Waals surface area contributed by atoms with Crippen molar-refractivity contribution < 1.29 is 14.8 Å². The summed E-state index contributed by atoms with van der Waals surface area (Å²) in [5.41, 5.74) is 11.3. The number of hydrogen-bond acceptors (Lipinski definition) is 5. The van der Waals surface area contributed by atoms with E-state index in [9.17, 15) is 9.59 Å². The topological polar surface area (TPSA) is 116 Å². The summed E-state index contributed by atoms with van der Waals surface area (Å²) >= 11 is 0. The van der Waals surface area contributed by atoms with Gasteiger partial charge >= 0.3 is 0 Å². The van der Waals surface area contributed by atoms with E-state index in [0.717, 1.165) is 29.5 Å². The standard InChI is InChI=1S/C27H36N4O3/c1-16-22-12-21(27(22,2)3)13-23(16)29-15-17-4-6-18(7-5-17)19-8-10-20(11-9-19)25(32)30-24(14-28)26(33)31-34/h4-11,16,21-24,29,34H,12-15,28H2,1-3H3,(H,30,32)(H,31,33)/t16-,21?,22-,23-,24-/m0/s1. The summed E-state index contributed by atoms with van der Waals surface area (Å²) in [6.45, 7) is 8.03. The van der Waals surface area contributed by atoms with Gasteiger partial charge in [-0.2, -0.15) is 0 Å². The summed E-state index contributed by atoms with van der Waals surface area (Å²) in [7, 11) is 0. The number of benzene rings is 2. The van der Waals surface area contributed by atoms with Crippen LogP contribution >= 0.6 is 0 Å². The van der Waals surface area contributed by atoms with Crippen molar-refractivity contribution in [2.75, 3.05) is 6.54 Å². The molecule has 0 spiro atoms. The molecule has 0 aromatic heterocycles. The summed E-state index contributed by atoms with van der Waals surface area (Å²) in [5.74, 6) is 1.23. The van der Waals surface area contributed by atoms with Crippen molar-refractivity contribution >= 4 is 11.8 Å². The van der Waals surface area contributed by atoms with E-state index in [1.54, 1.807) is 12.1 Å². The maximum Gasteiger partial charge on any atom is 0.267 e. The molecule has 0 aliphatic heterocycles. The highest BCUT2D eigenvalue weighted by molar-refractivity contribution is 5.97. The third kappa shape index (κ3) is 4.73. The number of carbonyl (C=O) groups excluding carboxylic acids is 2. The smallest absolute Gasteiger partial charge is 0.267 e. The fourth-order valence-electron chi connectivity index (χ4n) is 5.85. The van der Waals surface area contributed by atoms with E-state index in [0.29, 0.717) is 22.9 Å². The van der Waals surface area contributed by atoms with Gasteiger partial charge in [0.05, 0.1) is 0 Å². The maximum atomic E-state index is 12.4. The first-order valence-electron chi connectivity index (χ1n) is 12.1. The Kier molecular flexibility index (Phi) is 7.07. The molecule has 34 heavy (non-hydrogen) atoms. The molecule has 182 valence electrons. The molecule has 5 rings (SSSR count). The highest BCUT2D eigenvalue weighted by Gasteiger charge is 2.55. The molecule has 2 amide bonds. The van der Waals surface area contributed by atoms with Gasteiger partial charge in [-0.25, -0.2) is 5.48 Å². The van der Waals surface area contributed by atoms with Crippen LogP contribution in [0.4, 0.5) is 0 Å². The Hall–Kier alpha value is -2.74. The molecule has 1 unspecified atom stereocenters. The average molecular weight is 465 g/mol. The third-order valence-corrected chi connectivity index (χ3v) is 8.32. The van der Waals surface area contributed by atoms with Crippen molar-refractivity contribution in [1.29, 1.82) is 0 Å². The molecule has 3 fully saturated rings. The zero-order valence-electron chi connectivity index (χ0n) is 20.2. The van der Waals surface area contributed by atoms with Gasteiger partial charge in [0, 0.05) is 24.7 Å². The van der Waals surface area contributed by atoms with Gasteiger partial charge in [0.25, 0.3) is 11.8 Å². The first-order chi connectivity index (χ1) is 16.2. The van der Waals surface area contributed by atoms with Crippen molar-refractivity contribution in [3.8, 4) is 11.1 Å². The number of fused-ring (bicyclic) bond motifs is 2. The fourth-order valence-corrected chi connectivity index (χ4v) is 5.85. The lowest BCUT2D eigenvalue weighted by Crippen LogP contribution is -2.59. The SMILES string of the molecule is C[C@@H]1[C@@H](NCc2ccc(-c3ccc(C(=O)N[C@@H](CN)C(=O)NO)cc3)cc2)CC2C[C@@H]1C2(C)C. The Morgan fingerprint density at radius 1 is 1.06 bits per heavy atom. The zero-order valence-corrected chi connectivity index (χ0v) is 20.2. The van der Waals surface area contributed by atoms with Crippen molar-refractivity contribution in [2.24, 2.45) is 28.9 Å². The lowest BCUT2D eigenvalue weighted by molar-refractivity contribution is -0.130. The number of hydroxylamine groups is 1. The average Bonchev–Trinajstić information content (AvgIpc) is 2.86. The molecular weight excluding hydrogens is 428 g/mol. The number of rotatable bonds is 8. The summed E-state index contributed by atoms with van der Waals surface area (Å²) in [6, 6.07) is 15.3. The number of nitrogens with two attached hydrogens (primary N) is 1. The summed E-state index contributed by atoms with van der Waals surface area (Å²) < 4.78 is 0. The first-order valence-corrected chi connectivity index (χ1v) is 12.1. The maximum absolute atomic E-state index is 12.4.